The lowest BCUT2D eigenvalue weighted by Gasteiger charge is -2.29. The molecule has 4 rings (SSSR count). The Bertz CT molecular complexity index is 931. The Kier molecular flexibility index (Phi) is 8.01. The quantitative estimate of drug-likeness (QED) is 0.756. The van der Waals surface area contributed by atoms with Crippen molar-refractivity contribution in [3.63, 3.8) is 0 Å². The molecule has 0 unspecified atom stereocenters. The molecule has 2 aliphatic heterocycles. The van der Waals surface area contributed by atoms with Gasteiger partial charge in [0.15, 0.2) is 0 Å². The predicted octanol–water partition coefficient (Wildman–Crippen LogP) is 4.26. The smallest absolute Gasteiger partial charge is 0.471 e. The molecule has 0 spiro atoms. The second-order valence-electron chi connectivity index (χ2n) is 7.63. The van der Waals surface area contributed by atoms with Gasteiger partial charge in [0.25, 0.3) is 0 Å². The summed E-state index contributed by atoms with van der Waals surface area (Å²) in [5.74, 6) is -0.0629. The van der Waals surface area contributed by atoms with Crippen LogP contribution >= 0.6 is 0 Å². The molecule has 2 aliphatic rings. The van der Waals surface area contributed by atoms with E-state index in [0.29, 0.717) is 18.8 Å². The summed E-state index contributed by atoms with van der Waals surface area (Å²) in [5.41, 5.74) is 4.53. The molecule has 5 nitrogen and oxygen atoms in total. The number of alkyl halides is 3. The summed E-state index contributed by atoms with van der Waals surface area (Å²) in [6.07, 6.45) is -3.27. The number of nitrogens with one attached hydrogen (secondary N) is 1. The molecule has 8 heteroatoms. The minimum atomic E-state index is -4.80. The molecule has 0 aliphatic carbocycles. The number of fused-ring (bicyclic) bond motifs is 2. The number of hydrogen-bond acceptors (Lipinski definition) is 4. The number of nitrogens with zero attached hydrogens (tertiary/aromatic N) is 1. The fourth-order valence-electron chi connectivity index (χ4n) is 3.85. The molecular formula is C24H29F3N2O3. The third-order valence-corrected chi connectivity index (χ3v) is 5.41. The first kappa shape index (κ1) is 23.9. The Balaban J connectivity index is 0.000000193. The minimum Gasteiger partial charge on any atom is -0.494 e. The molecule has 2 aromatic carbocycles. The highest BCUT2D eigenvalue weighted by molar-refractivity contribution is 5.82. The number of benzene rings is 2. The maximum atomic E-state index is 12.4. The van der Waals surface area contributed by atoms with Crippen molar-refractivity contribution in [1.82, 2.24) is 10.2 Å². The van der Waals surface area contributed by atoms with Crippen molar-refractivity contribution in [3.05, 3.63) is 58.7 Å². The monoisotopic (exact) mass is 450 g/mol. The standard InChI is InChI=1S/C13H14F3NO2.C11H15NO/c1-2-19-11-4-3-10-8-17(6-5-9(10)7-11)12(18)13(14,15)16;1-2-13-11-4-3-10-8-12-6-5-9(10)7-11/h3-4,7H,2,5-6,8H2,1H3;3-4,7,12H,2,5-6,8H2,1H3. The third-order valence-electron chi connectivity index (χ3n) is 5.41. The number of amides is 1. The van der Waals surface area contributed by atoms with Crippen LogP contribution in [0.3, 0.4) is 0 Å². The van der Waals surface area contributed by atoms with Gasteiger partial charge < -0.3 is 19.7 Å². The average molecular weight is 451 g/mol. The first-order valence-electron chi connectivity index (χ1n) is 10.9. The molecule has 1 N–H and O–H groups in total. The van der Waals surface area contributed by atoms with Crippen LogP contribution in [0.1, 0.15) is 36.1 Å². The van der Waals surface area contributed by atoms with E-state index in [1.54, 1.807) is 12.1 Å². The van der Waals surface area contributed by atoms with Crippen molar-refractivity contribution in [1.29, 1.82) is 0 Å². The molecule has 0 saturated heterocycles. The van der Waals surface area contributed by atoms with Gasteiger partial charge in [-0.05, 0) is 79.8 Å². The average Bonchev–Trinajstić information content (AvgIpc) is 2.78. The van der Waals surface area contributed by atoms with Gasteiger partial charge in [-0.1, -0.05) is 12.1 Å². The van der Waals surface area contributed by atoms with E-state index >= 15 is 0 Å². The van der Waals surface area contributed by atoms with Crippen molar-refractivity contribution in [2.45, 2.75) is 46.0 Å². The molecule has 0 fully saturated rings. The zero-order valence-electron chi connectivity index (χ0n) is 18.4. The van der Waals surface area contributed by atoms with E-state index in [-0.39, 0.29) is 13.1 Å². The Morgan fingerprint density at radius 1 is 0.938 bits per heavy atom. The van der Waals surface area contributed by atoms with Crippen molar-refractivity contribution in [3.8, 4) is 11.5 Å². The Morgan fingerprint density at radius 3 is 2.12 bits per heavy atom. The maximum absolute atomic E-state index is 12.4. The Labute approximate surface area is 186 Å². The summed E-state index contributed by atoms with van der Waals surface area (Å²) in [6.45, 7) is 7.34. The van der Waals surface area contributed by atoms with E-state index < -0.39 is 12.1 Å². The number of halogens is 3. The second kappa shape index (κ2) is 10.7. The predicted molar refractivity (Wildman–Crippen MR) is 116 cm³/mol. The zero-order chi connectivity index (χ0) is 23.1. The van der Waals surface area contributed by atoms with Gasteiger partial charge in [-0.25, -0.2) is 0 Å². The van der Waals surface area contributed by atoms with Gasteiger partial charge in [0.1, 0.15) is 11.5 Å². The van der Waals surface area contributed by atoms with Crippen LogP contribution in [0.5, 0.6) is 11.5 Å². The first-order chi connectivity index (χ1) is 15.3. The van der Waals surface area contributed by atoms with Gasteiger partial charge in [0, 0.05) is 19.6 Å². The van der Waals surface area contributed by atoms with Crippen LogP contribution in [0.2, 0.25) is 0 Å². The van der Waals surface area contributed by atoms with Gasteiger partial charge in [-0.15, -0.1) is 0 Å². The maximum Gasteiger partial charge on any atom is 0.471 e. The number of hydrogen-bond donors (Lipinski definition) is 1. The van der Waals surface area contributed by atoms with Gasteiger partial charge in [-0.2, -0.15) is 13.2 Å². The summed E-state index contributed by atoms with van der Waals surface area (Å²) in [4.78, 5) is 12.0. The molecule has 1 amide bonds. The highest BCUT2D eigenvalue weighted by Crippen LogP contribution is 2.27. The summed E-state index contributed by atoms with van der Waals surface area (Å²) < 4.78 is 47.9. The van der Waals surface area contributed by atoms with Crippen LogP contribution in [0.4, 0.5) is 13.2 Å². The number of ether oxygens (including phenoxy) is 2. The lowest BCUT2D eigenvalue weighted by Crippen LogP contribution is -2.43. The topological polar surface area (TPSA) is 50.8 Å². The largest absolute Gasteiger partial charge is 0.494 e. The molecule has 2 aromatic rings. The van der Waals surface area contributed by atoms with E-state index in [1.165, 1.54) is 11.1 Å². The molecule has 0 atom stereocenters. The van der Waals surface area contributed by atoms with Crippen molar-refractivity contribution >= 4 is 5.91 Å². The number of carbonyl (C=O) groups is 1. The Hall–Kier alpha value is -2.74. The molecule has 0 radical (unpaired) electrons. The van der Waals surface area contributed by atoms with Gasteiger partial charge in [0.2, 0.25) is 0 Å². The Morgan fingerprint density at radius 2 is 1.53 bits per heavy atom. The normalized spacial score (nSPS) is 15.1. The van der Waals surface area contributed by atoms with Crippen LogP contribution in [0, 0.1) is 0 Å². The second-order valence-corrected chi connectivity index (χ2v) is 7.63. The molecular weight excluding hydrogens is 421 g/mol. The van der Waals surface area contributed by atoms with Crippen molar-refractivity contribution in [2.75, 3.05) is 26.3 Å². The molecule has 0 bridgehead atoms. The SMILES string of the molecule is CCOc1ccc2c(c1)CCN(C(=O)C(F)(F)F)C2.CCOc1ccc2c(c1)CCNC2. The molecule has 0 saturated carbocycles. The number of rotatable bonds is 4. The van der Waals surface area contributed by atoms with Crippen LogP contribution in [-0.2, 0) is 30.7 Å². The minimum absolute atomic E-state index is 0.0000810. The fraction of sp³-hybridized carbons (Fsp3) is 0.458. The van der Waals surface area contributed by atoms with E-state index in [9.17, 15) is 18.0 Å². The van der Waals surface area contributed by atoms with Gasteiger partial charge >= 0.3 is 12.1 Å². The number of carbonyl (C=O) groups excluding carboxylic acids is 1. The van der Waals surface area contributed by atoms with Gasteiger partial charge in [0.05, 0.1) is 13.2 Å². The van der Waals surface area contributed by atoms with Gasteiger partial charge in [-0.3, -0.25) is 4.79 Å². The molecule has 32 heavy (non-hydrogen) atoms. The van der Waals surface area contributed by atoms with Crippen molar-refractivity contribution < 1.29 is 27.4 Å². The van der Waals surface area contributed by atoms with E-state index in [2.05, 4.69) is 23.5 Å². The summed E-state index contributed by atoms with van der Waals surface area (Å²) >= 11 is 0. The van der Waals surface area contributed by atoms with E-state index in [4.69, 9.17) is 9.47 Å². The van der Waals surface area contributed by atoms with E-state index in [1.807, 2.05) is 19.9 Å². The molecule has 2 heterocycles. The van der Waals surface area contributed by atoms with Crippen molar-refractivity contribution in [2.24, 2.45) is 0 Å². The summed E-state index contributed by atoms with van der Waals surface area (Å²) in [6, 6.07) is 11.6. The van der Waals surface area contributed by atoms with Crippen LogP contribution < -0.4 is 14.8 Å². The third kappa shape index (κ3) is 6.16. The highest BCUT2D eigenvalue weighted by Gasteiger charge is 2.43. The molecule has 0 aromatic heterocycles. The lowest BCUT2D eigenvalue weighted by atomic mass is 9.99. The van der Waals surface area contributed by atoms with Crippen LogP contribution in [0.15, 0.2) is 36.4 Å². The fourth-order valence-corrected chi connectivity index (χ4v) is 3.85. The van der Waals surface area contributed by atoms with Crippen LogP contribution in [0.25, 0.3) is 0 Å². The first-order valence-corrected chi connectivity index (χ1v) is 10.9. The van der Waals surface area contributed by atoms with E-state index in [0.717, 1.165) is 47.9 Å². The van der Waals surface area contributed by atoms with Crippen LogP contribution in [-0.4, -0.2) is 43.3 Å². The summed E-state index contributed by atoms with van der Waals surface area (Å²) in [7, 11) is 0. The lowest BCUT2D eigenvalue weighted by molar-refractivity contribution is -0.186. The summed E-state index contributed by atoms with van der Waals surface area (Å²) in [5, 5.41) is 3.35. The highest BCUT2D eigenvalue weighted by atomic mass is 19.4. The molecule has 174 valence electrons. The zero-order valence-corrected chi connectivity index (χ0v) is 18.4.